The van der Waals surface area contributed by atoms with E-state index in [1.54, 1.807) is 36.0 Å². The predicted octanol–water partition coefficient (Wildman–Crippen LogP) is 3.81. The summed E-state index contributed by atoms with van der Waals surface area (Å²) in [7, 11) is 3.51. The van der Waals surface area contributed by atoms with Gasteiger partial charge in [-0.1, -0.05) is 54.6 Å². The van der Waals surface area contributed by atoms with Gasteiger partial charge < -0.3 is 9.80 Å². The lowest BCUT2D eigenvalue weighted by Gasteiger charge is -2.24. The lowest BCUT2D eigenvalue weighted by molar-refractivity contribution is -0.120. The SMILES string of the molecule is CN(C(=O)C1=CC(C(=O)N(C)c2ccccc2)CC=C1)c1ccccc1. The van der Waals surface area contributed by atoms with Crippen molar-refractivity contribution in [1.82, 2.24) is 0 Å². The molecule has 2 amide bonds. The van der Waals surface area contributed by atoms with E-state index in [-0.39, 0.29) is 17.7 Å². The highest BCUT2D eigenvalue weighted by Crippen LogP contribution is 2.24. The van der Waals surface area contributed by atoms with Crippen molar-refractivity contribution in [3.8, 4) is 0 Å². The minimum atomic E-state index is -0.340. The van der Waals surface area contributed by atoms with Crippen LogP contribution in [0.3, 0.4) is 0 Å². The zero-order valence-electron chi connectivity index (χ0n) is 15.0. The summed E-state index contributed by atoms with van der Waals surface area (Å²) in [5.74, 6) is -0.478. The number of hydrogen-bond acceptors (Lipinski definition) is 2. The number of hydrogen-bond donors (Lipinski definition) is 0. The van der Waals surface area contributed by atoms with Crippen LogP contribution in [0.1, 0.15) is 6.42 Å². The number of anilines is 2. The molecule has 0 fully saturated rings. The smallest absolute Gasteiger partial charge is 0.257 e. The molecule has 132 valence electrons. The summed E-state index contributed by atoms with van der Waals surface area (Å²) in [6, 6.07) is 19.0. The van der Waals surface area contributed by atoms with E-state index in [9.17, 15) is 9.59 Å². The molecule has 0 aromatic heterocycles. The summed E-state index contributed by atoms with van der Waals surface area (Å²) in [5, 5.41) is 0. The highest BCUT2D eigenvalue weighted by molar-refractivity contribution is 6.08. The average Bonchev–Trinajstić information content (AvgIpc) is 2.73. The zero-order chi connectivity index (χ0) is 18.5. The van der Waals surface area contributed by atoms with Gasteiger partial charge in [0.15, 0.2) is 0 Å². The van der Waals surface area contributed by atoms with Gasteiger partial charge in [-0.25, -0.2) is 0 Å². The Morgan fingerprint density at radius 2 is 1.38 bits per heavy atom. The quantitative estimate of drug-likeness (QED) is 0.844. The molecule has 0 N–H and O–H groups in total. The molecule has 0 radical (unpaired) electrons. The van der Waals surface area contributed by atoms with Crippen molar-refractivity contribution >= 4 is 23.2 Å². The van der Waals surface area contributed by atoms with Gasteiger partial charge in [0.1, 0.15) is 0 Å². The summed E-state index contributed by atoms with van der Waals surface area (Å²) in [5.41, 5.74) is 2.21. The molecule has 0 bridgehead atoms. The van der Waals surface area contributed by atoms with E-state index in [4.69, 9.17) is 0 Å². The molecule has 0 saturated carbocycles. The van der Waals surface area contributed by atoms with Crippen LogP contribution in [0.15, 0.2) is 84.5 Å². The third-order valence-electron chi connectivity index (χ3n) is 4.55. The lowest BCUT2D eigenvalue weighted by Crippen LogP contribution is -2.34. The second-order valence-corrected chi connectivity index (χ2v) is 6.30. The molecule has 1 aliphatic carbocycles. The van der Waals surface area contributed by atoms with E-state index >= 15 is 0 Å². The van der Waals surface area contributed by atoms with Crippen molar-refractivity contribution in [2.24, 2.45) is 5.92 Å². The van der Waals surface area contributed by atoms with Gasteiger partial charge in [-0.2, -0.15) is 0 Å². The Labute approximate surface area is 154 Å². The van der Waals surface area contributed by atoms with Crippen molar-refractivity contribution in [3.63, 3.8) is 0 Å². The first kappa shape index (κ1) is 17.7. The van der Waals surface area contributed by atoms with Gasteiger partial charge in [0.25, 0.3) is 5.91 Å². The Morgan fingerprint density at radius 3 is 1.96 bits per heavy atom. The average molecular weight is 346 g/mol. The van der Waals surface area contributed by atoms with E-state index in [0.717, 1.165) is 11.4 Å². The maximum Gasteiger partial charge on any atom is 0.257 e. The van der Waals surface area contributed by atoms with Crippen LogP contribution in [0.2, 0.25) is 0 Å². The maximum absolute atomic E-state index is 12.8. The van der Waals surface area contributed by atoms with Gasteiger partial charge in [0.2, 0.25) is 5.91 Å². The van der Waals surface area contributed by atoms with E-state index in [1.165, 1.54) is 0 Å². The monoisotopic (exact) mass is 346 g/mol. The summed E-state index contributed by atoms with van der Waals surface area (Å²) in [6.45, 7) is 0. The number of para-hydroxylation sites is 2. The van der Waals surface area contributed by atoms with E-state index in [1.807, 2.05) is 66.7 Å². The fourth-order valence-corrected chi connectivity index (χ4v) is 2.99. The van der Waals surface area contributed by atoms with Crippen LogP contribution in [-0.4, -0.2) is 25.9 Å². The standard InChI is InChI=1S/C22H22N2O2/c1-23(19-12-5-3-6-13-19)21(25)17-10-9-11-18(16-17)22(26)24(2)20-14-7-4-8-15-20/h3-10,12-16,18H,11H2,1-2H3. The molecular weight excluding hydrogens is 324 g/mol. The number of allylic oxidation sites excluding steroid dienone is 1. The van der Waals surface area contributed by atoms with Gasteiger partial charge in [-0.05, 0) is 30.7 Å². The van der Waals surface area contributed by atoms with Gasteiger partial charge in [-0.15, -0.1) is 0 Å². The lowest BCUT2D eigenvalue weighted by atomic mass is 9.94. The Kier molecular flexibility index (Phi) is 5.32. The fourth-order valence-electron chi connectivity index (χ4n) is 2.99. The minimum absolute atomic E-state index is 0.0202. The minimum Gasteiger partial charge on any atom is -0.315 e. The van der Waals surface area contributed by atoms with Crippen LogP contribution in [0, 0.1) is 5.92 Å². The topological polar surface area (TPSA) is 40.6 Å². The van der Waals surface area contributed by atoms with Crippen LogP contribution in [0.5, 0.6) is 0 Å². The van der Waals surface area contributed by atoms with Gasteiger partial charge in [0, 0.05) is 31.0 Å². The molecule has 3 rings (SSSR count). The molecule has 26 heavy (non-hydrogen) atoms. The third-order valence-corrected chi connectivity index (χ3v) is 4.55. The number of nitrogens with zero attached hydrogens (tertiary/aromatic N) is 2. The molecule has 0 aliphatic heterocycles. The molecule has 1 unspecified atom stereocenters. The van der Waals surface area contributed by atoms with Gasteiger partial charge in [-0.3, -0.25) is 9.59 Å². The van der Waals surface area contributed by atoms with E-state index < -0.39 is 0 Å². The fraction of sp³-hybridized carbons (Fsp3) is 0.182. The first-order valence-electron chi connectivity index (χ1n) is 8.62. The zero-order valence-corrected chi connectivity index (χ0v) is 15.0. The van der Waals surface area contributed by atoms with Crippen LogP contribution >= 0.6 is 0 Å². The van der Waals surface area contributed by atoms with Crippen molar-refractivity contribution in [1.29, 1.82) is 0 Å². The molecular formula is C22H22N2O2. The Balaban J connectivity index is 1.77. The van der Waals surface area contributed by atoms with Crippen molar-refractivity contribution in [2.75, 3.05) is 23.9 Å². The number of likely N-dealkylation sites (N-methyl/N-ethyl adjacent to an activating group) is 1. The number of amides is 2. The molecule has 0 heterocycles. The highest BCUT2D eigenvalue weighted by atomic mass is 16.2. The molecule has 2 aromatic carbocycles. The summed E-state index contributed by atoms with van der Waals surface area (Å²) in [4.78, 5) is 28.9. The summed E-state index contributed by atoms with van der Waals surface area (Å²) in [6.07, 6.45) is 6.08. The molecule has 4 nitrogen and oxygen atoms in total. The maximum atomic E-state index is 12.8. The van der Waals surface area contributed by atoms with E-state index in [0.29, 0.717) is 12.0 Å². The van der Waals surface area contributed by atoms with E-state index in [2.05, 4.69) is 0 Å². The van der Waals surface area contributed by atoms with Gasteiger partial charge in [0.05, 0.1) is 5.92 Å². The molecule has 1 atom stereocenters. The van der Waals surface area contributed by atoms with Crippen molar-refractivity contribution in [3.05, 3.63) is 84.5 Å². The summed E-state index contributed by atoms with van der Waals surface area (Å²) < 4.78 is 0. The Hall–Kier alpha value is -3.14. The molecule has 0 saturated heterocycles. The summed E-state index contributed by atoms with van der Waals surface area (Å²) >= 11 is 0. The largest absolute Gasteiger partial charge is 0.315 e. The number of carbonyl (C=O) groups is 2. The molecule has 4 heteroatoms. The first-order valence-corrected chi connectivity index (χ1v) is 8.62. The number of rotatable bonds is 4. The second-order valence-electron chi connectivity index (χ2n) is 6.30. The van der Waals surface area contributed by atoms with Crippen molar-refractivity contribution < 1.29 is 9.59 Å². The van der Waals surface area contributed by atoms with Crippen LogP contribution in [0.25, 0.3) is 0 Å². The van der Waals surface area contributed by atoms with Crippen LogP contribution < -0.4 is 9.80 Å². The number of benzene rings is 2. The predicted molar refractivity (Wildman–Crippen MR) is 105 cm³/mol. The first-order chi connectivity index (χ1) is 12.6. The normalized spacial score (nSPS) is 15.9. The van der Waals surface area contributed by atoms with Crippen LogP contribution in [0.4, 0.5) is 11.4 Å². The molecule has 2 aromatic rings. The van der Waals surface area contributed by atoms with Crippen LogP contribution in [-0.2, 0) is 9.59 Å². The third kappa shape index (κ3) is 3.75. The number of carbonyl (C=O) groups excluding carboxylic acids is 2. The highest BCUT2D eigenvalue weighted by Gasteiger charge is 2.25. The Bertz CT molecular complexity index is 841. The van der Waals surface area contributed by atoms with Gasteiger partial charge >= 0.3 is 0 Å². The second kappa shape index (κ2) is 7.83. The Morgan fingerprint density at radius 1 is 0.846 bits per heavy atom. The van der Waals surface area contributed by atoms with Crippen molar-refractivity contribution in [2.45, 2.75) is 6.42 Å². The molecule has 0 spiro atoms. The molecule has 1 aliphatic rings.